The number of nitrogens with zero attached hydrogens (tertiary/aromatic N) is 2. The van der Waals surface area contributed by atoms with Gasteiger partial charge in [-0.05, 0) is 13.0 Å². The highest BCUT2D eigenvalue weighted by Crippen LogP contribution is 2.04. The molecule has 0 unspecified atom stereocenters. The number of aromatic nitrogens is 2. The van der Waals surface area contributed by atoms with Crippen LogP contribution < -0.4 is 10.1 Å². The van der Waals surface area contributed by atoms with Crippen LogP contribution >= 0.6 is 0 Å². The molecule has 0 aliphatic carbocycles. The molecule has 0 radical (unpaired) electrons. The Labute approximate surface area is 114 Å². The fourth-order valence-corrected chi connectivity index (χ4v) is 1.41. The van der Waals surface area contributed by atoms with Crippen molar-refractivity contribution in [1.82, 2.24) is 15.3 Å². The van der Waals surface area contributed by atoms with Crippen LogP contribution in [0.3, 0.4) is 0 Å². The quantitative estimate of drug-likeness (QED) is 0.605. The third-order valence-corrected chi connectivity index (χ3v) is 2.33. The Hall–Kier alpha value is -1.24. The first kappa shape index (κ1) is 15.8. The summed E-state index contributed by atoms with van der Waals surface area (Å²) in [7, 11) is 1.68. The van der Waals surface area contributed by atoms with Crippen LogP contribution in [0.1, 0.15) is 19.0 Å². The van der Waals surface area contributed by atoms with Gasteiger partial charge in [-0.3, -0.25) is 4.98 Å². The zero-order valence-electron chi connectivity index (χ0n) is 11.7. The van der Waals surface area contributed by atoms with E-state index in [9.17, 15) is 0 Å². The highest BCUT2D eigenvalue weighted by molar-refractivity contribution is 5.08. The lowest BCUT2D eigenvalue weighted by Gasteiger charge is -2.07. The van der Waals surface area contributed by atoms with Gasteiger partial charge in [0.2, 0.25) is 5.88 Å². The first-order valence-corrected chi connectivity index (χ1v) is 6.58. The number of methoxy groups -OCH3 is 1. The zero-order valence-corrected chi connectivity index (χ0v) is 11.7. The summed E-state index contributed by atoms with van der Waals surface area (Å²) in [6.07, 6.45) is 4.24. The van der Waals surface area contributed by atoms with E-state index in [1.165, 1.54) is 0 Å². The molecule has 0 bridgehead atoms. The van der Waals surface area contributed by atoms with Crippen LogP contribution in [0.4, 0.5) is 0 Å². The third kappa shape index (κ3) is 7.71. The molecule has 1 heterocycles. The fourth-order valence-electron chi connectivity index (χ4n) is 1.41. The SMILES string of the molecule is CCNCc1cncc(OCCOCCCOC)n1. The van der Waals surface area contributed by atoms with Crippen molar-refractivity contribution in [2.45, 2.75) is 19.9 Å². The van der Waals surface area contributed by atoms with Crippen LogP contribution in [0, 0.1) is 0 Å². The second-order valence-corrected chi connectivity index (χ2v) is 3.94. The van der Waals surface area contributed by atoms with Crippen LogP contribution in [0.5, 0.6) is 5.88 Å². The number of hydrogen-bond donors (Lipinski definition) is 1. The zero-order chi connectivity index (χ0) is 13.8. The molecule has 0 saturated heterocycles. The van der Waals surface area contributed by atoms with Gasteiger partial charge in [0.05, 0.1) is 18.5 Å². The van der Waals surface area contributed by atoms with Crippen molar-refractivity contribution in [3.8, 4) is 5.88 Å². The summed E-state index contributed by atoms with van der Waals surface area (Å²) in [5.41, 5.74) is 0.875. The minimum atomic E-state index is 0.478. The number of hydrogen-bond acceptors (Lipinski definition) is 6. The maximum absolute atomic E-state index is 5.48. The van der Waals surface area contributed by atoms with Crippen molar-refractivity contribution in [3.05, 3.63) is 18.1 Å². The van der Waals surface area contributed by atoms with Crippen LogP contribution in [-0.2, 0) is 16.0 Å². The highest BCUT2D eigenvalue weighted by atomic mass is 16.5. The third-order valence-electron chi connectivity index (χ3n) is 2.33. The molecular weight excluding hydrogens is 246 g/mol. The van der Waals surface area contributed by atoms with Gasteiger partial charge < -0.3 is 19.5 Å². The van der Waals surface area contributed by atoms with E-state index in [4.69, 9.17) is 14.2 Å². The molecule has 0 aliphatic heterocycles. The van der Waals surface area contributed by atoms with Crippen molar-refractivity contribution in [1.29, 1.82) is 0 Å². The van der Waals surface area contributed by atoms with Crippen molar-refractivity contribution in [3.63, 3.8) is 0 Å². The second kappa shape index (κ2) is 10.7. The summed E-state index contributed by atoms with van der Waals surface area (Å²) in [6, 6.07) is 0. The van der Waals surface area contributed by atoms with Gasteiger partial charge in [-0.1, -0.05) is 6.92 Å². The largest absolute Gasteiger partial charge is 0.474 e. The van der Waals surface area contributed by atoms with E-state index in [-0.39, 0.29) is 0 Å². The molecule has 6 heteroatoms. The van der Waals surface area contributed by atoms with Gasteiger partial charge in [0.25, 0.3) is 0 Å². The van der Waals surface area contributed by atoms with E-state index >= 15 is 0 Å². The highest BCUT2D eigenvalue weighted by Gasteiger charge is 1.99. The lowest BCUT2D eigenvalue weighted by Crippen LogP contribution is -2.14. The lowest BCUT2D eigenvalue weighted by molar-refractivity contribution is 0.0794. The minimum absolute atomic E-state index is 0.478. The maximum atomic E-state index is 5.48. The molecule has 0 aliphatic rings. The molecule has 0 spiro atoms. The first-order valence-electron chi connectivity index (χ1n) is 6.58. The number of ether oxygens (including phenoxy) is 3. The molecule has 1 N–H and O–H groups in total. The first-order chi connectivity index (χ1) is 9.36. The number of rotatable bonds is 11. The molecule has 19 heavy (non-hydrogen) atoms. The van der Waals surface area contributed by atoms with Gasteiger partial charge in [0, 0.05) is 33.1 Å². The van der Waals surface area contributed by atoms with Gasteiger partial charge >= 0.3 is 0 Å². The van der Waals surface area contributed by atoms with Crippen molar-refractivity contribution < 1.29 is 14.2 Å². The second-order valence-electron chi connectivity index (χ2n) is 3.94. The smallest absolute Gasteiger partial charge is 0.232 e. The Morgan fingerprint density at radius 3 is 2.84 bits per heavy atom. The maximum Gasteiger partial charge on any atom is 0.232 e. The van der Waals surface area contributed by atoms with Gasteiger partial charge in [0.1, 0.15) is 6.61 Å². The standard InChI is InChI=1S/C13H23N3O3/c1-3-14-9-12-10-15-11-13(16-12)19-8-7-18-6-4-5-17-2/h10-11,14H,3-9H2,1-2H3. The summed E-state index contributed by atoms with van der Waals surface area (Å²) in [5, 5.41) is 3.19. The van der Waals surface area contributed by atoms with E-state index in [2.05, 4.69) is 22.2 Å². The van der Waals surface area contributed by atoms with Crippen molar-refractivity contribution in [2.75, 3.05) is 40.1 Å². The molecule has 108 valence electrons. The van der Waals surface area contributed by atoms with E-state index < -0.39 is 0 Å². The Morgan fingerprint density at radius 1 is 1.16 bits per heavy atom. The van der Waals surface area contributed by atoms with E-state index in [1.54, 1.807) is 19.5 Å². The molecular formula is C13H23N3O3. The monoisotopic (exact) mass is 269 g/mol. The van der Waals surface area contributed by atoms with Gasteiger partial charge in [0.15, 0.2) is 0 Å². The van der Waals surface area contributed by atoms with Gasteiger partial charge in [-0.15, -0.1) is 0 Å². The molecule has 0 fully saturated rings. The van der Waals surface area contributed by atoms with Crippen molar-refractivity contribution >= 4 is 0 Å². The normalized spacial score (nSPS) is 10.6. The Balaban J connectivity index is 2.14. The predicted octanol–water partition coefficient (Wildman–Crippen LogP) is 1.02. The lowest BCUT2D eigenvalue weighted by atomic mass is 10.4. The molecule has 1 aromatic heterocycles. The van der Waals surface area contributed by atoms with Crippen LogP contribution in [-0.4, -0.2) is 50.1 Å². The summed E-state index contributed by atoms with van der Waals surface area (Å²) in [4.78, 5) is 8.43. The average molecular weight is 269 g/mol. The van der Waals surface area contributed by atoms with Crippen molar-refractivity contribution in [2.24, 2.45) is 0 Å². The fraction of sp³-hybridized carbons (Fsp3) is 0.692. The van der Waals surface area contributed by atoms with Crippen LogP contribution in [0.25, 0.3) is 0 Å². The number of nitrogens with one attached hydrogen (secondary N) is 1. The molecule has 0 saturated carbocycles. The summed E-state index contributed by atoms with van der Waals surface area (Å²) < 4.78 is 15.8. The predicted molar refractivity (Wildman–Crippen MR) is 72.2 cm³/mol. The molecule has 0 aromatic carbocycles. The van der Waals surface area contributed by atoms with Crippen LogP contribution in [0.15, 0.2) is 12.4 Å². The average Bonchev–Trinajstić information content (AvgIpc) is 2.44. The minimum Gasteiger partial charge on any atom is -0.474 e. The molecule has 1 aromatic rings. The Bertz CT molecular complexity index is 337. The van der Waals surface area contributed by atoms with Gasteiger partial charge in [-0.25, -0.2) is 4.98 Å². The van der Waals surface area contributed by atoms with E-state index in [0.29, 0.717) is 32.2 Å². The van der Waals surface area contributed by atoms with E-state index in [1.807, 2.05) is 0 Å². The Morgan fingerprint density at radius 2 is 2.05 bits per heavy atom. The Kier molecular flexibility index (Phi) is 8.87. The van der Waals surface area contributed by atoms with Gasteiger partial charge in [-0.2, -0.15) is 0 Å². The van der Waals surface area contributed by atoms with Crippen LogP contribution in [0.2, 0.25) is 0 Å². The molecule has 0 atom stereocenters. The van der Waals surface area contributed by atoms with E-state index in [0.717, 1.165) is 25.3 Å². The topological polar surface area (TPSA) is 65.5 Å². The molecule has 6 nitrogen and oxygen atoms in total. The molecule has 0 amide bonds. The summed E-state index contributed by atoms with van der Waals surface area (Å²) >= 11 is 0. The summed E-state index contributed by atoms with van der Waals surface area (Å²) in [6.45, 7) is 6.09. The molecule has 1 rings (SSSR count). The summed E-state index contributed by atoms with van der Waals surface area (Å²) in [5.74, 6) is 0.538.